The van der Waals surface area contributed by atoms with Crippen molar-refractivity contribution >= 4 is 28.3 Å². The van der Waals surface area contributed by atoms with Crippen molar-refractivity contribution in [2.75, 3.05) is 22.9 Å². The molecule has 0 aliphatic carbocycles. The van der Waals surface area contributed by atoms with Crippen LogP contribution in [-0.2, 0) is 0 Å². The van der Waals surface area contributed by atoms with Crippen LogP contribution in [-0.4, -0.2) is 23.1 Å². The minimum Gasteiger partial charge on any atom is -0.508 e. The first-order chi connectivity index (χ1) is 5.74. The number of hydrogen-bond acceptors (Lipinski definition) is 2. The molecule has 66 valence electrons. The first-order valence-electron chi connectivity index (χ1n) is 3.80. The lowest BCUT2D eigenvalue weighted by molar-refractivity contribution is 0.475. The molecule has 0 atom stereocenters. The van der Waals surface area contributed by atoms with Crippen molar-refractivity contribution in [1.29, 1.82) is 0 Å². The van der Waals surface area contributed by atoms with Gasteiger partial charge in [0.1, 0.15) is 5.75 Å². The summed E-state index contributed by atoms with van der Waals surface area (Å²) in [7, 11) is 2.02. The van der Waals surface area contributed by atoms with Crippen molar-refractivity contribution in [2.24, 2.45) is 0 Å². The molecule has 0 aliphatic rings. The highest BCUT2D eigenvalue weighted by Crippen LogP contribution is 2.18. The second-order valence-corrected chi connectivity index (χ2v) is 3.71. The number of phenols is 1. The van der Waals surface area contributed by atoms with Crippen molar-refractivity contribution in [3.63, 3.8) is 0 Å². The standard InChI is InChI=1S/C9H12INO/c1-11(6-5-10)8-3-2-4-9(12)7-8/h2-4,7,12H,5-6H2,1H3. The van der Waals surface area contributed by atoms with Gasteiger partial charge in [-0.05, 0) is 12.1 Å². The number of aromatic hydroxyl groups is 1. The van der Waals surface area contributed by atoms with Gasteiger partial charge in [-0.1, -0.05) is 28.7 Å². The van der Waals surface area contributed by atoms with Gasteiger partial charge in [0.2, 0.25) is 0 Å². The van der Waals surface area contributed by atoms with E-state index in [0.29, 0.717) is 5.75 Å². The summed E-state index contributed by atoms with van der Waals surface area (Å²) < 4.78 is 1.09. The van der Waals surface area contributed by atoms with Gasteiger partial charge in [0.05, 0.1) is 0 Å². The molecule has 1 aromatic rings. The van der Waals surface area contributed by atoms with Crippen LogP contribution in [0.1, 0.15) is 0 Å². The zero-order valence-corrected chi connectivity index (χ0v) is 9.15. The molecule has 0 unspecified atom stereocenters. The topological polar surface area (TPSA) is 23.5 Å². The molecule has 0 bridgehead atoms. The molecule has 0 fully saturated rings. The summed E-state index contributed by atoms with van der Waals surface area (Å²) in [5.74, 6) is 0.327. The Morgan fingerprint density at radius 1 is 1.50 bits per heavy atom. The zero-order valence-electron chi connectivity index (χ0n) is 7.00. The summed E-state index contributed by atoms with van der Waals surface area (Å²) in [5.41, 5.74) is 1.06. The lowest BCUT2D eigenvalue weighted by Gasteiger charge is -2.17. The van der Waals surface area contributed by atoms with E-state index in [2.05, 4.69) is 27.5 Å². The van der Waals surface area contributed by atoms with Crippen LogP contribution in [0.5, 0.6) is 5.75 Å². The van der Waals surface area contributed by atoms with E-state index < -0.39 is 0 Å². The highest BCUT2D eigenvalue weighted by molar-refractivity contribution is 14.1. The van der Waals surface area contributed by atoms with E-state index in [1.54, 1.807) is 12.1 Å². The molecule has 0 radical (unpaired) electrons. The Balaban J connectivity index is 2.73. The summed E-state index contributed by atoms with van der Waals surface area (Å²) >= 11 is 2.33. The van der Waals surface area contributed by atoms with E-state index in [1.165, 1.54) is 0 Å². The smallest absolute Gasteiger partial charge is 0.117 e. The van der Waals surface area contributed by atoms with E-state index in [-0.39, 0.29) is 0 Å². The molecule has 0 spiro atoms. The molecule has 0 aromatic heterocycles. The maximum Gasteiger partial charge on any atom is 0.117 e. The van der Waals surface area contributed by atoms with Crippen LogP contribution in [0.25, 0.3) is 0 Å². The first kappa shape index (κ1) is 9.64. The van der Waals surface area contributed by atoms with Gasteiger partial charge < -0.3 is 10.0 Å². The lowest BCUT2D eigenvalue weighted by atomic mass is 10.3. The van der Waals surface area contributed by atoms with Gasteiger partial charge in [-0.15, -0.1) is 0 Å². The minimum absolute atomic E-state index is 0.327. The first-order valence-corrected chi connectivity index (χ1v) is 5.32. The van der Waals surface area contributed by atoms with Crippen molar-refractivity contribution in [1.82, 2.24) is 0 Å². The average molecular weight is 277 g/mol. The van der Waals surface area contributed by atoms with Crippen molar-refractivity contribution < 1.29 is 5.11 Å². The van der Waals surface area contributed by atoms with E-state index in [9.17, 15) is 5.11 Å². The molecular weight excluding hydrogens is 265 g/mol. The van der Waals surface area contributed by atoms with Gasteiger partial charge >= 0.3 is 0 Å². The molecule has 1 aromatic carbocycles. The van der Waals surface area contributed by atoms with Crippen LogP contribution in [0.4, 0.5) is 5.69 Å². The SMILES string of the molecule is CN(CCI)c1cccc(O)c1. The minimum atomic E-state index is 0.327. The third-order valence-electron chi connectivity index (χ3n) is 1.69. The zero-order chi connectivity index (χ0) is 8.97. The monoisotopic (exact) mass is 277 g/mol. The number of phenolic OH excluding ortho intramolecular Hbond substituents is 1. The Morgan fingerprint density at radius 2 is 2.25 bits per heavy atom. The molecule has 3 heteroatoms. The molecule has 1 rings (SSSR count). The number of hydrogen-bond donors (Lipinski definition) is 1. The van der Waals surface area contributed by atoms with Crippen molar-refractivity contribution in [3.8, 4) is 5.75 Å². The maximum absolute atomic E-state index is 9.20. The molecule has 12 heavy (non-hydrogen) atoms. The number of halogens is 1. The predicted molar refractivity (Wildman–Crippen MR) is 60.3 cm³/mol. The van der Waals surface area contributed by atoms with Crippen LogP contribution in [0.3, 0.4) is 0 Å². The average Bonchev–Trinajstić information content (AvgIpc) is 2.05. The largest absolute Gasteiger partial charge is 0.508 e. The second-order valence-electron chi connectivity index (χ2n) is 2.63. The second kappa shape index (κ2) is 4.54. The highest BCUT2D eigenvalue weighted by Gasteiger charge is 1.99. The summed E-state index contributed by atoms with van der Waals surface area (Å²) in [5, 5.41) is 9.20. The molecule has 0 saturated heterocycles. The van der Waals surface area contributed by atoms with Crippen LogP contribution < -0.4 is 4.90 Å². The van der Waals surface area contributed by atoms with E-state index in [4.69, 9.17) is 0 Å². The van der Waals surface area contributed by atoms with Gasteiger partial charge in [0, 0.05) is 29.8 Å². The maximum atomic E-state index is 9.20. The number of anilines is 1. The molecule has 0 heterocycles. The van der Waals surface area contributed by atoms with Gasteiger partial charge in [-0.2, -0.15) is 0 Å². The molecular formula is C9H12INO. The Hall–Kier alpha value is -0.450. The number of nitrogens with zero attached hydrogens (tertiary/aromatic N) is 1. The van der Waals surface area contributed by atoms with Gasteiger partial charge in [-0.3, -0.25) is 0 Å². The van der Waals surface area contributed by atoms with Gasteiger partial charge in [0.15, 0.2) is 0 Å². The van der Waals surface area contributed by atoms with E-state index >= 15 is 0 Å². The third kappa shape index (κ3) is 2.55. The quantitative estimate of drug-likeness (QED) is 0.676. The molecule has 0 amide bonds. The molecule has 0 aliphatic heterocycles. The summed E-state index contributed by atoms with van der Waals surface area (Å²) in [6.45, 7) is 1.00. The van der Waals surface area contributed by atoms with Crippen LogP contribution in [0, 0.1) is 0 Å². The predicted octanol–water partition coefficient (Wildman–Crippen LogP) is 2.26. The lowest BCUT2D eigenvalue weighted by Crippen LogP contribution is -2.18. The van der Waals surface area contributed by atoms with Gasteiger partial charge in [-0.25, -0.2) is 0 Å². The van der Waals surface area contributed by atoms with Crippen molar-refractivity contribution in [2.45, 2.75) is 0 Å². The Morgan fingerprint density at radius 3 is 2.83 bits per heavy atom. The van der Waals surface area contributed by atoms with Crippen LogP contribution in [0.2, 0.25) is 0 Å². The Labute approximate surface area is 86.3 Å². The van der Waals surface area contributed by atoms with Crippen LogP contribution >= 0.6 is 22.6 Å². The normalized spacial score (nSPS) is 9.83. The Bertz CT molecular complexity index is 252. The fourth-order valence-corrected chi connectivity index (χ4v) is 1.71. The van der Waals surface area contributed by atoms with Crippen LogP contribution in [0.15, 0.2) is 24.3 Å². The Kier molecular flexibility index (Phi) is 3.65. The third-order valence-corrected chi connectivity index (χ3v) is 2.17. The summed E-state index contributed by atoms with van der Waals surface area (Å²) in [6.07, 6.45) is 0. The molecule has 0 saturated carbocycles. The number of rotatable bonds is 3. The highest BCUT2D eigenvalue weighted by atomic mass is 127. The fourth-order valence-electron chi connectivity index (χ4n) is 0.986. The van der Waals surface area contributed by atoms with E-state index in [1.807, 2.05) is 19.2 Å². The van der Waals surface area contributed by atoms with Gasteiger partial charge in [0.25, 0.3) is 0 Å². The summed E-state index contributed by atoms with van der Waals surface area (Å²) in [4.78, 5) is 2.12. The molecule has 2 nitrogen and oxygen atoms in total. The van der Waals surface area contributed by atoms with E-state index in [0.717, 1.165) is 16.7 Å². The number of alkyl halides is 1. The number of benzene rings is 1. The summed E-state index contributed by atoms with van der Waals surface area (Å²) in [6, 6.07) is 7.30. The molecule has 1 N–H and O–H groups in total. The fraction of sp³-hybridized carbons (Fsp3) is 0.333. The van der Waals surface area contributed by atoms with Crippen molar-refractivity contribution in [3.05, 3.63) is 24.3 Å².